The minimum atomic E-state index is -0.392. The number of aromatic nitrogens is 3. The average Bonchev–Trinajstić information content (AvgIpc) is 3.27. The fourth-order valence-corrected chi connectivity index (χ4v) is 4.29. The summed E-state index contributed by atoms with van der Waals surface area (Å²) < 4.78 is 1.96. The zero-order valence-electron chi connectivity index (χ0n) is 15.8. The Morgan fingerprint density at radius 3 is 2.63 bits per heavy atom. The summed E-state index contributed by atoms with van der Waals surface area (Å²) in [6.45, 7) is 3.89. The number of benzene rings is 1. The first kappa shape index (κ1) is 17.7. The van der Waals surface area contributed by atoms with E-state index < -0.39 is 6.04 Å². The largest absolute Gasteiger partial charge is 0.341 e. The third-order valence-electron chi connectivity index (χ3n) is 5.82. The van der Waals surface area contributed by atoms with Crippen molar-refractivity contribution in [1.29, 1.82) is 0 Å². The van der Waals surface area contributed by atoms with Crippen LogP contribution in [-0.4, -0.2) is 55.5 Å². The number of hydrogen-bond acceptors (Lipinski definition) is 4. The van der Waals surface area contributed by atoms with Gasteiger partial charge in [0.05, 0.1) is 0 Å². The highest BCUT2D eigenvalue weighted by atomic mass is 16.2. The number of fused-ring (bicyclic) bond motifs is 1. The molecule has 0 saturated carbocycles. The molecule has 7 heteroatoms. The molecule has 0 radical (unpaired) electrons. The lowest BCUT2D eigenvalue weighted by Crippen LogP contribution is -2.50. The van der Waals surface area contributed by atoms with Gasteiger partial charge < -0.3 is 14.4 Å². The van der Waals surface area contributed by atoms with Crippen molar-refractivity contribution in [3.8, 4) is 0 Å². The van der Waals surface area contributed by atoms with E-state index in [2.05, 4.69) is 10.2 Å². The molecule has 1 fully saturated rings. The maximum atomic E-state index is 13.2. The highest BCUT2D eigenvalue weighted by Crippen LogP contribution is 2.29. The van der Waals surface area contributed by atoms with Crippen LogP contribution in [0, 0.1) is 0 Å². The lowest BCUT2D eigenvalue weighted by molar-refractivity contribution is -0.137. The summed E-state index contributed by atoms with van der Waals surface area (Å²) in [4.78, 5) is 29.6. The first-order chi connectivity index (χ1) is 13.1. The molecule has 2 amide bonds. The molecule has 0 N–H and O–H groups in total. The van der Waals surface area contributed by atoms with Crippen LogP contribution in [0.25, 0.3) is 0 Å². The fourth-order valence-electron chi connectivity index (χ4n) is 4.29. The van der Waals surface area contributed by atoms with E-state index in [1.54, 1.807) is 11.2 Å². The van der Waals surface area contributed by atoms with E-state index in [1.165, 1.54) is 0 Å². The van der Waals surface area contributed by atoms with Gasteiger partial charge in [-0.25, -0.2) is 0 Å². The van der Waals surface area contributed by atoms with E-state index in [9.17, 15) is 9.59 Å². The molecule has 142 valence electrons. The predicted octanol–water partition coefficient (Wildman–Crippen LogP) is 1.96. The summed E-state index contributed by atoms with van der Waals surface area (Å²) in [6, 6.07) is 7.24. The lowest BCUT2D eigenvalue weighted by atomic mass is 9.95. The molecule has 7 nitrogen and oxygen atoms in total. The summed E-state index contributed by atoms with van der Waals surface area (Å²) in [5.74, 6) is 1.36. The average molecular weight is 367 g/mol. The molecule has 2 aliphatic rings. The molecule has 27 heavy (non-hydrogen) atoms. The zero-order valence-corrected chi connectivity index (χ0v) is 15.8. The second-order valence-corrected chi connectivity index (χ2v) is 7.41. The molecule has 1 aromatic heterocycles. The molecular formula is C20H25N5O2. The second kappa shape index (κ2) is 7.13. The van der Waals surface area contributed by atoms with Crippen LogP contribution in [0.1, 0.15) is 53.8 Å². The van der Waals surface area contributed by atoms with E-state index in [4.69, 9.17) is 0 Å². The normalized spacial score (nSPS) is 18.7. The Balaban J connectivity index is 1.43. The molecule has 0 unspecified atom stereocenters. The van der Waals surface area contributed by atoms with E-state index >= 15 is 0 Å². The zero-order chi connectivity index (χ0) is 19.0. The Hall–Kier alpha value is -2.70. The number of rotatable bonds is 4. The molecule has 2 aliphatic heterocycles. The Morgan fingerprint density at radius 2 is 2.00 bits per heavy atom. The van der Waals surface area contributed by atoms with Crippen molar-refractivity contribution >= 4 is 11.8 Å². The van der Waals surface area contributed by atoms with Crippen LogP contribution in [0.4, 0.5) is 0 Å². The number of amides is 2. The molecule has 1 atom stereocenters. The number of carbonyl (C=O) groups is 2. The predicted molar refractivity (Wildman–Crippen MR) is 100.0 cm³/mol. The van der Waals surface area contributed by atoms with E-state index in [0.29, 0.717) is 32.0 Å². The smallest absolute Gasteiger partial charge is 0.255 e. The molecule has 0 spiro atoms. The van der Waals surface area contributed by atoms with Crippen molar-refractivity contribution in [3.05, 3.63) is 47.5 Å². The number of carbonyl (C=O) groups excluding carboxylic acids is 2. The number of nitrogens with zero attached hydrogens (tertiary/aromatic N) is 5. The van der Waals surface area contributed by atoms with Crippen molar-refractivity contribution in [3.63, 3.8) is 0 Å². The molecule has 1 aromatic carbocycles. The molecule has 4 rings (SSSR count). The summed E-state index contributed by atoms with van der Waals surface area (Å²) in [7, 11) is 1.95. The number of aryl methyl sites for hydroxylation is 1. The lowest BCUT2D eigenvalue weighted by Gasteiger charge is -2.36. The van der Waals surface area contributed by atoms with Crippen LogP contribution >= 0.6 is 0 Å². The van der Waals surface area contributed by atoms with Crippen molar-refractivity contribution in [2.45, 2.75) is 44.7 Å². The van der Waals surface area contributed by atoms with Crippen molar-refractivity contribution in [2.75, 3.05) is 13.1 Å². The van der Waals surface area contributed by atoms with Gasteiger partial charge in [-0.05, 0) is 30.9 Å². The van der Waals surface area contributed by atoms with Crippen LogP contribution in [0.5, 0.6) is 0 Å². The fraction of sp³-hybridized carbons (Fsp3) is 0.500. The van der Waals surface area contributed by atoms with Crippen LogP contribution in [-0.2, 0) is 18.4 Å². The Bertz CT molecular complexity index is 854. The molecule has 2 aromatic rings. The maximum absolute atomic E-state index is 13.2. The summed E-state index contributed by atoms with van der Waals surface area (Å²) in [6.07, 6.45) is 4.10. The van der Waals surface area contributed by atoms with Crippen molar-refractivity contribution < 1.29 is 9.59 Å². The monoisotopic (exact) mass is 367 g/mol. The van der Waals surface area contributed by atoms with Gasteiger partial charge in [-0.15, -0.1) is 10.2 Å². The van der Waals surface area contributed by atoms with Crippen LogP contribution in [0.3, 0.4) is 0 Å². The Labute approximate surface area is 159 Å². The van der Waals surface area contributed by atoms with E-state index in [0.717, 1.165) is 29.8 Å². The van der Waals surface area contributed by atoms with Gasteiger partial charge in [0.25, 0.3) is 5.91 Å². The van der Waals surface area contributed by atoms with Gasteiger partial charge in [0.2, 0.25) is 5.91 Å². The third kappa shape index (κ3) is 3.11. The van der Waals surface area contributed by atoms with Crippen LogP contribution in [0.15, 0.2) is 30.6 Å². The van der Waals surface area contributed by atoms with Crippen molar-refractivity contribution in [1.82, 2.24) is 24.6 Å². The first-order valence-electron chi connectivity index (χ1n) is 9.61. The Morgan fingerprint density at radius 1 is 1.26 bits per heavy atom. The van der Waals surface area contributed by atoms with E-state index in [1.807, 2.05) is 47.7 Å². The van der Waals surface area contributed by atoms with Gasteiger partial charge in [0, 0.05) is 38.2 Å². The highest BCUT2D eigenvalue weighted by molar-refractivity contribution is 6.01. The quantitative estimate of drug-likeness (QED) is 0.828. The van der Waals surface area contributed by atoms with Gasteiger partial charge in [0.1, 0.15) is 18.2 Å². The van der Waals surface area contributed by atoms with Gasteiger partial charge in [-0.2, -0.15) is 0 Å². The molecule has 1 saturated heterocycles. The maximum Gasteiger partial charge on any atom is 0.255 e. The minimum Gasteiger partial charge on any atom is -0.341 e. The minimum absolute atomic E-state index is 0.0280. The van der Waals surface area contributed by atoms with Gasteiger partial charge in [-0.3, -0.25) is 9.59 Å². The first-order valence-corrected chi connectivity index (χ1v) is 9.61. The molecule has 3 heterocycles. The second-order valence-electron chi connectivity index (χ2n) is 7.41. The molecule has 0 bridgehead atoms. The topological polar surface area (TPSA) is 71.3 Å². The number of likely N-dealkylation sites (tertiary alicyclic amines) is 1. The Kier molecular flexibility index (Phi) is 4.68. The summed E-state index contributed by atoms with van der Waals surface area (Å²) in [5.41, 5.74) is 1.74. The van der Waals surface area contributed by atoms with Crippen LogP contribution < -0.4 is 0 Å². The van der Waals surface area contributed by atoms with Crippen molar-refractivity contribution in [2.24, 2.45) is 7.05 Å². The van der Waals surface area contributed by atoms with Gasteiger partial charge >= 0.3 is 0 Å². The number of hydrogen-bond donors (Lipinski definition) is 0. The van der Waals surface area contributed by atoms with Gasteiger partial charge in [0.15, 0.2) is 0 Å². The van der Waals surface area contributed by atoms with Gasteiger partial charge in [-0.1, -0.05) is 25.1 Å². The SMILES string of the molecule is CC[C@H](C(=O)N1CCC(c2nncn2C)CC1)N1Cc2ccccc2C1=O. The standard InChI is InChI=1S/C20H25N5O2/c1-3-17(25-12-15-6-4-5-7-16(15)19(25)26)20(27)24-10-8-14(9-11-24)18-22-21-13-23(18)2/h4-7,13-14,17H,3,8-12H2,1-2H3/t17-/m1/s1. The van der Waals surface area contributed by atoms with E-state index in [-0.39, 0.29) is 11.8 Å². The van der Waals surface area contributed by atoms with Crippen LogP contribution in [0.2, 0.25) is 0 Å². The molecular weight excluding hydrogens is 342 g/mol. The summed E-state index contributed by atoms with van der Waals surface area (Å²) in [5, 5.41) is 8.17. The highest BCUT2D eigenvalue weighted by Gasteiger charge is 2.38. The third-order valence-corrected chi connectivity index (χ3v) is 5.82. The number of piperidine rings is 1. The molecule has 0 aliphatic carbocycles. The summed E-state index contributed by atoms with van der Waals surface area (Å²) >= 11 is 0.